The number of anilines is 1. The quantitative estimate of drug-likeness (QED) is 0.462. The van der Waals surface area contributed by atoms with Gasteiger partial charge in [-0.15, -0.1) is 11.3 Å². The lowest BCUT2D eigenvalue weighted by atomic mass is 10.1. The van der Waals surface area contributed by atoms with Crippen LogP contribution in [0, 0.1) is 0 Å². The van der Waals surface area contributed by atoms with Crippen LogP contribution >= 0.6 is 11.3 Å². The summed E-state index contributed by atoms with van der Waals surface area (Å²) in [6.45, 7) is 2.10. The van der Waals surface area contributed by atoms with Crippen LogP contribution in [0.15, 0.2) is 54.0 Å². The number of benzene rings is 2. The fraction of sp³-hybridized carbons (Fsp3) is 0.250. The van der Waals surface area contributed by atoms with Gasteiger partial charge in [0.15, 0.2) is 4.96 Å². The van der Waals surface area contributed by atoms with Crippen molar-refractivity contribution in [2.45, 2.75) is 25.8 Å². The van der Waals surface area contributed by atoms with Crippen LogP contribution in [0.5, 0.6) is 11.5 Å². The van der Waals surface area contributed by atoms with Crippen molar-refractivity contribution < 1.29 is 14.3 Å². The van der Waals surface area contributed by atoms with E-state index in [9.17, 15) is 4.79 Å². The molecule has 7 heteroatoms. The lowest BCUT2D eigenvalue weighted by molar-refractivity contribution is -0.118. The highest BCUT2D eigenvalue weighted by atomic mass is 32.1. The molecule has 5 rings (SSSR count). The zero-order valence-electron chi connectivity index (χ0n) is 17.7. The molecule has 1 aliphatic heterocycles. The van der Waals surface area contributed by atoms with Gasteiger partial charge < -0.3 is 14.4 Å². The molecule has 0 spiro atoms. The number of hydrogen-bond donors (Lipinski definition) is 0. The van der Waals surface area contributed by atoms with Crippen LogP contribution in [0.25, 0.3) is 16.2 Å². The highest BCUT2D eigenvalue weighted by Crippen LogP contribution is 2.35. The minimum absolute atomic E-state index is 0.103. The van der Waals surface area contributed by atoms with Gasteiger partial charge in [0.1, 0.15) is 11.5 Å². The summed E-state index contributed by atoms with van der Waals surface area (Å²) in [5.41, 5.74) is 4.84. The van der Waals surface area contributed by atoms with Crippen molar-refractivity contribution >= 4 is 27.9 Å². The molecule has 0 aliphatic carbocycles. The Morgan fingerprint density at radius 2 is 2.03 bits per heavy atom. The number of nitrogens with zero attached hydrogens (tertiary/aromatic N) is 3. The van der Waals surface area contributed by atoms with E-state index in [0.29, 0.717) is 6.42 Å². The van der Waals surface area contributed by atoms with E-state index in [1.165, 1.54) is 16.9 Å². The topological polar surface area (TPSA) is 56.1 Å². The number of rotatable bonds is 5. The van der Waals surface area contributed by atoms with Gasteiger partial charge in [-0.1, -0.05) is 18.2 Å². The number of thiazole rings is 1. The van der Waals surface area contributed by atoms with E-state index >= 15 is 0 Å². The summed E-state index contributed by atoms with van der Waals surface area (Å²) >= 11 is 1.53. The maximum atomic E-state index is 13.3. The molecule has 1 aliphatic rings. The predicted octanol–water partition coefficient (Wildman–Crippen LogP) is 4.60. The molecule has 2 aromatic carbocycles. The van der Waals surface area contributed by atoms with Gasteiger partial charge in [0, 0.05) is 34.6 Å². The van der Waals surface area contributed by atoms with Crippen molar-refractivity contribution in [3.8, 4) is 22.8 Å². The number of aromatic nitrogens is 2. The van der Waals surface area contributed by atoms with Crippen molar-refractivity contribution in [3.05, 3.63) is 65.3 Å². The first-order chi connectivity index (χ1) is 15.1. The number of fused-ring (bicyclic) bond motifs is 2. The summed E-state index contributed by atoms with van der Waals surface area (Å²) in [4.78, 5) is 20.8. The average molecular weight is 434 g/mol. The van der Waals surface area contributed by atoms with Crippen molar-refractivity contribution in [1.82, 2.24) is 9.38 Å². The number of para-hydroxylation sites is 1. The van der Waals surface area contributed by atoms with E-state index < -0.39 is 0 Å². The number of carbonyl (C=O) groups is 1. The normalized spacial score (nSPS) is 15.3. The van der Waals surface area contributed by atoms with Crippen LogP contribution in [-0.2, 0) is 17.6 Å². The Kier molecular flexibility index (Phi) is 4.90. The van der Waals surface area contributed by atoms with Gasteiger partial charge >= 0.3 is 0 Å². The Hall–Kier alpha value is -3.32. The molecule has 0 saturated carbocycles. The lowest BCUT2D eigenvalue weighted by Gasteiger charge is -2.22. The number of hydrogen-bond acceptors (Lipinski definition) is 5. The van der Waals surface area contributed by atoms with Gasteiger partial charge in [-0.2, -0.15) is 0 Å². The van der Waals surface area contributed by atoms with Crippen LogP contribution in [0.1, 0.15) is 18.2 Å². The van der Waals surface area contributed by atoms with E-state index in [-0.39, 0.29) is 11.9 Å². The Morgan fingerprint density at radius 3 is 2.84 bits per heavy atom. The summed E-state index contributed by atoms with van der Waals surface area (Å²) in [5, 5.41) is 2.01. The van der Waals surface area contributed by atoms with Crippen LogP contribution in [-0.4, -0.2) is 35.6 Å². The lowest BCUT2D eigenvalue weighted by Crippen LogP contribution is -2.37. The predicted molar refractivity (Wildman–Crippen MR) is 122 cm³/mol. The van der Waals surface area contributed by atoms with Crippen molar-refractivity contribution in [2.24, 2.45) is 0 Å². The van der Waals surface area contributed by atoms with Crippen LogP contribution in [0.4, 0.5) is 5.69 Å². The second-order valence-corrected chi connectivity index (χ2v) is 8.53. The third kappa shape index (κ3) is 3.35. The van der Waals surface area contributed by atoms with E-state index in [0.717, 1.165) is 45.5 Å². The number of ether oxygens (including phenoxy) is 2. The van der Waals surface area contributed by atoms with Gasteiger partial charge in [0.2, 0.25) is 5.91 Å². The van der Waals surface area contributed by atoms with E-state index in [4.69, 9.17) is 14.5 Å². The maximum absolute atomic E-state index is 13.3. The summed E-state index contributed by atoms with van der Waals surface area (Å²) in [6.07, 6.45) is 3.18. The van der Waals surface area contributed by atoms with Gasteiger partial charge in [-0.05, 0) is 43.2 Å². The molecule has 6 nitrogen and oxygen atoms in total. The highest BCUT2D eigenvalue weighted by Gasteiger charge is 2.31. The molecular formula is C24H23N3O3S. The minimum atomic E-state index is 0.103. The second kappa shape index (κ2) is 7.74. The molecule has 2 aromatic heterocycles. The summed E-state index contributed by atoms with van der Waals surface area (Å²) in [7, 11) is 3.28. The fourth-order valence-electron chi connectivity index (χ4n) is 4.29. The molecule has 0 fully saturated rings. The minimum Gasteiger partial charge on any atom is -0.497 e. The molecule has 0 saturated heterocycles. The summed E-state index contributed by atoms with van der Waals surface area (Å²) in [6, 6.07) is 14.0. The average Bonchev–Trinajstić information content (AvgIpc) is 3.46. The molecular weight excluding hydrogens is 410 g/mol. The van der Waals surface area contributed by atoms with Crippen LogP contribution in [0.3, 0.4) is 0 Å². The number of methoxy groups -OCH3 is 2. The molecule has 31 heavy (non-hydrogen) atoms. The third-order valence-electron chi connectivity index (χ3n) is 5.77. The molecule has 0 radical (unpaired) electrons. The molecule has 4 aromatic rings. The third-order valence-corrected chi connectivity index (χ3v) is 6.66. The molecule has 3 heterocycles. The van der Waals surface area contributed by atoms with Gasteiger partial charge in [-0.3, -0.25) is 9.20 Å². The van der Waals surface area contributed by atoms with Gasteiger partial charge in [0.05, 0.1) is 26.3 Å². The molecule has 1 atom stereocenters. The van der Waals surface area contributed by atoms with Gasteiger partial charge in [-0.25, -0.2) is 4.98 Å². The van der Waals surface area contributed by atoms with Crippen LogP contribution < -0.4 is 14.4 Å². The Morgan fingerprint density at radius 1 is 1.19 bits per heavy atom. The molecule has 0 bridgehead atoms. The Balaban J connectivity index is 1.47. The standard InChI is InChI=1S/C24H23N3O3S/c1-15-10-16-6-4-5-7-21(16)27(15)23(28)11-17-14-31-24-25-20(13-26(17)24)19-12-18(29-2)8-9-22(19)30-3/h4-9,12-15H,10-11H2,1-3H3. The fourth-order valence-corrected chi connectivity index (χ4v) is 5.16. The van der Waals surface area contributed by atoms with Crippen molar-refractivity contribution in [1.29, 1.82) is 0 Å². The van der Waals surface area contributed by atoms with Crippen molar-refractivity contribution in [3.63, 3.8) is 0 Å². The largest absolute Gasteiger partial charge is 0.497 e. The number of carbonyl (C=O) groups excluding carboxylic acids is 1. The summed E-state index contributed by atoms with van der Waals surface area (Å²) in [5.74, 6) is 1.57. The molecule has 158 valence electrons. The van der Waals surface area contributed by atoms with E-state index in [2.05, 4.69) is 13.0 Å². The molecule has 1 amide bonds. The first kappa shape index (κ1) is 19.6. The Bertz CT molecular complexity index is 1280. The second-order valence-electron chi connectivity index (χ2n) is 7.69. The van der Waals surface area contributed by atoms with E-state index in [1.807, 2.05) is 57.3 Å². The molecule has 1 unspecified atom stereocenters. The Labute approximate surface area is 184 Å². The van der Waals surface area contributed by atoms with Crippen LogP contribution in [0.2, 0.25) is 0 Å². The highest BCUT2D eigenvalue weighted by molar-refractivity contribution is 7.15. The smallest absolute Gasteiger partial charge is 0.233 e. The first-order valence-corrected chi connectivity index (χ1v) is 11.0. The van der Waals surface area contributed by atoms with E-state index in [1.54, 1.807) is 14.2 Å². The maximum Gasteiger partial charge on any atom is 0.233 e. The molecule has 0 N–H and O–H groups in total. The SMILES string of the molecule is COc1ccc(OC)c(-c2cn3c(CC(=O)N4c5ccccc5CC4C)csc3n2)c1. The number of amides is 1. The van der Waals surface area contributed by atoms with Gasteiger partial charge in [0.25, 0.3) is 0 Å². The van der Waals surface area contributed by atoms with Crippen molar-refractivity contribution in [2.75, 3.05) is 19.1 Å². The zero-order chi connectivity index (χ0) is 21.5. The zero-order valence-corrected chi connectivity index (χ0v) is 18.5. The first-order valence-electron chi connectivity index (χ1n) is 10.2. The summed E-state index contributed by atoms with van der Waals surface area (Å²) < 4.78 is 12.9. The monoisotopic (exact) mass is 433 g/mol. The number of imidazole rings is 1.